The molecule has 4 heteroatoms. The highest BCUT2D eigenvalue weighted by atomic mass is 35.5. The van der Waals surface area contributed by atoms with Crippen LogP contribution in [0.15, 0.2) is 24.3 Å². The number of methoxy groups -OCH3 is 1. The van der Waals surface area contributed by atoms with Crippen LogP contribution in [0.4, 0.5) is 0 Å². The maximum absolute atomic E-state index is 7.17. The predicted molar refractivity (Wildman–Crippen MR) is 55.8 cm³/mol. The number of nitrogens with one attached hydrogen (secondary N) is 1. The van der Waals surface area contributed by atoms with Crippen molar-refractivity contribution in [3.8, 4) is 0 Å². The van der Waals surface area contributed by atoms with E-state index < -0.39 is 0 Å². The molecule has 1 N–H and O–H groups in total. The van der Waals surface area contributed by atoms with E-state index in [1.165, 1.54) is 7.11 Å². The van der Waals surface area contributed by atoms with Gasteiger partial charge in [0.15, 0.2) is 0 Å². The zero-order valence-corrected chi connectivity index (χ0v) is 8.67. The van der Waals surface area contributed by atoms with Gasteiger partial charge in [0.05, 0.1) is 13.7 Å². The number of halogens is 1. The van der Waals surface area contributed by atoms with E-state index in [1.54, 1.807) is 0 Å². The van der Waals surface area contributed by atoms with E-state index in [2.05, 4.69) is 4.74 Å². The Morgan fingerprint density at radius 1 is 1.36 bits per heavy atom. The largest absolute Gasteiger partial charge is 0.483 e. The molecule has 0 saturated carbocycles. The Kier molecular flexibility index (Phi) is 4.43. The van der Waals surface area contributed by atoms with Gasteiger partial charge in [0.1, 0.15) is 6.61 Å². The summed E-state index contributed by atoms with van der Waals surface area (Å²) in [4.78, 5) is 0. The van der Waals surface area contributed by atoms with E-state index in [0.29, 0.717) is 11.6 Å². The zero-order chi connectivity index (χ0) is 10.4. The van der Waals surface area contributed by atoms with Gasteiger partial charge in [-0.25, -0.2) is 0 Å². The second kappa shape index (κ2) is 5.62. The van der Waals surface area contributed by atoms with Crippen LogP contribution in [-0.2, 0) is 16.1 Å². The lowest BCUT2D eigenvalue weighted by molar-refractivity contribution is 0.142. The molecule has 0 aliphatic carbocycles. The van der Waals surface area contributed by atoms with Crippen molar-refractivity contribution in [2.45, 2.75) is 6.61 Å². The summed E-state index contributed by atoms with van der Waals surface area (Å²) in [6, 6.07) is 7.39. The van der Waals surface area contributed by atoms with Crippen LogP contribution in [0.3, 0.4) is 0 Å². The number of rotatable bonds is 4. The fraction of sp³-hybridized carbons (Fsp3) is 0.300. The summed E-state index contributed by atoms with van der Waals surface area (Å²) in [5.74, 6) is 0.124. The molecular formula is C10H12ClNO2. The third-order valence-electron chi connectivity index (χ3n) is 1.66. The zero-order valence-electron chi connectivity index (χ0n) is 7.92. The molecule has 0 aromatic heterocycles. The summed E-state index contributed by atoms with van der Waals surface area (Å²) in [7, 11) is 1.45. The van der Waals surface area contributed by atoms with Crippen molar-refractivity contribution >= 4 is 17.5 Å². The minimum absolute atomic E-state index is 0.124. The molecule has 0 unspecified atom stereocenters. The van der Waals surface area contributed by atoms with E-state index >= 15 is 0 Å². The van der Waals surface area contributed by atoms with E-state index in [1.807, 2.05) is 24.3 Å². The molecule has 0 atom stereocenters. The van der Waals surface area contributed by atoms with E-state index in [0.717, 1.165) is 5.56 Å². The summed E-state index contributed by atoms with van der Waals surface area (Å²) < 4.78 is 9.86. The summed E-state index contributed by atoms with van der Waals surface area (Å²) in [5, 5.41) is 7.88. The quantitative estimate of drug-likeness (QED) is 0.617. The molecule has 76 valence electrons. The lowest BCUT2D eigenvalue weighted by Crippen LogP contribution is -2.09. The Hall–Kier alpha value is -1.06. The highest BCUT2D eigenvalue weighted by Crippen LogP contribution is 2.10. The highest BCUT2D eigenvalue weighted by Gasteiger charge is 1.96. The van der Waals surface area contributed by atoms with Gasteiger partial charge in [-0.2, -0.15) is 0 Å². The minimum Gasteiger partial charge on any atom is -0.483 e. The van der Waals surface area contributed by atoms with Crippen molar-refractivity contribution in [1.29, 1.82) is 5.41 Å². The Morgan fingerprint density at radius 2 is 2.00 bits per heavy atom. The lowest BCUT2D eigenvalue weighted by Gasteiger charge is -2.04. The summed E-state index contributed by atoms with van der Waals surface area (Å²) in [6.45, 7) is 0.655. The Bertz CT molecular complexity index is 297. The van der Waals surface area contributed by atoms with Gasteiger partial charge in [0.2, 0.25) is 5.90 Å². The van der Waals surface area contributed by atoms with Crippen molar-refractivity contribution in [1.82, 2.24) is 0 Å². The molecule has 0 saturated heterocycles. The topological polar surface area (TPSA) is 42.3 Å². The molecule has 14 heavy (non-hydrogen) atoms. The van der Waals surface area contributed by atoms with Crippen LogP contribution in [0.2, 0.25) is 5.02 Å². The molecular weight excluding hydrogens is 202 g/mol. The smallest absolute Gasteiger partial charge is 0.206 e. The number of benzene rings is 1. The number of ether oxygens (including phenoxy) is 2. The Morgan fingerprint density at radius 3 is 2.57 bits per heavy atom. The second-order valence-electron chi connectivity index (χ2n) is 2.75. The standard InChI is InChI=1S/C10H12ClNO2/c1-13-10(12)7-14-6-8-2-4-9(11)5-3-8/h2-5,12H,6-7H2,1H3. The summed E-state index contributed by atoms with van der Waals surface area (Å²) >= 11 is 5.72. The van der Waals surface area contributed by atoms with E-state index in [4.69, 9.17) is 21.7 Å². The molecule has 1 aromatic carbocycles. The van der Waals surface area contributed by atoms with Gasteiger partial charge < -0.3 is 9.47 Å². The molecule has 0 aliphatic rings. The first-order chi connectivity index (χ1) is 6.72. The third kappa shape index (κ3) is 3.77. The van der Waals surface area contributed by atoms with Gasteiger partial charge in [-0.1, -0.05) is 23.7 Å². The normalized spacial score (nSPS) is 9.86. The van der Waals surface area contributed by atoms with Crippen LogP contribution < -0.4 is 0 Å². The fourth-order valence-corrected chi connectivity index (χ4v) is 1.03. The van der Waals surface area contributed by atoms with E-state index in [9.17, 15) is 0 Å². The van der Waals surface area contributed by atoms with Gasteiger partial charge >= 0.3 is 0 Å². The summed E-state index contributed by atoms with van der Waals surface area (Å²) in [5.41, 5.74) is 1.03. The molecule has 0 bridgehead atoms. The van der Waals surface area contributed by atoms with Gasteiger partial charge in [0, 0.05) is 5.02 Å². The van der Waals surface area contributed by atoms with Crippen LogP contribution in [0.1, 0.15) is 5.56 Å². The molecule has 1 rings (SSSR count). The maximum atomic E-state index is 7.17. The molecule has 0 spiro atoms. The van der Waals surface area contributed by atoms with Crippen molar-refractivity contribution < 1.29 is 9.47 Å². The Labute approximate surface area is 88.1 Å². The first-order valence-electron chi connectivity index (χ1n) is 4.16. The molecule has 0 fully saturated rings. The predicted octanol–water partition coefficient (Wildman–Crippen LogP) is 2.48. The second-order valence-corrected chi connectivity index (χ2v) is 3.18. The molecule has 0 aliphatic heterocycles. The fourth-order valence-electron chi connectivity index (χ4n) is 0.901. The van der Waals surface area contributed by atoms with E-state index in [-0.39, 0.29) is 12.5 Å². The SMILES string of the molecule is COC(=N)COCc1ccc(Cl)cc1. The van der Waals surface area contributed by atoms with Crippen LogP contribution in [-0.4, -0.2) is 19.6 Å². The Balaban J connectivity index is 2.31. The van der Waals surface area contributed by atoms with Crippen molar-refractivity contribution in [3.63, 3.8) is 0 Å². The lowest BCUT2D eigenvalue weighted by atomic mass is 10.2. The first-order valence-corrected chi connectivity index (χ1v) is 4.54. The monoisotopic (exact) mass is 213 g/mol. The molecule has 0 amide bonds. The van der Waals surface area contributed by atoms with Crippen molar-refractivity contribution in [2.75, 3.05) is 13.7 Å². The molecule has 0 radical (unpaired) electrons. The third-order valence-corrected chi connectivity index (χ3v) is 1.91. The van der Waals surface area contributed by atoms with Crippen LogP contribution >= 0.6 is 11.6 Å². The van der Waals surface area contributed by atoms with Crippen LogP contribution in [0.25, 0.3) is 0 Å². The number of hydrogen-bond acceptors (Lipinski definition) is 3. The van der Waals surface area contributed by atoms with Gasteiger partial charge in [-0.05, 0) is 17.7 Å². The minimum atomic E-state index is 0.124. The molecule has 1 aromatic rings. The number of hydrogen-bond donors (Lipinski definition) is 1. The summed E-state index contributed by atoms with van der Waals surface area (Å²) in [6.07, 6.45) is 0. The molecule has 0 heterocycles. The maximum Gasteiger partial charge on any atom is 0.206 e. The average Bonchev–Trinajstić information content (AvgIpc) is 2.21. The van der Waals surface area contributed by atoms with Gasteiger partial charge in [0.25, 0.3) is 0 Å². The molecule has 3 nitrogen and oxygen atoms in total. The van der Waals surface area contributed by atoms with Crippen LogP contribution in [0, 0.1) is 5.41 Å². The van der Waals surface area contributed by atoms with Crippen molar-refractivity contribution in [2.24, 2.45) is 0 Å². The van der Waals surface area contributed by atoms with Crippen molar-refractivity contribution in [3.05, 3.63) is 34.9 Å². The van der Waals surface area contributed by atoms with Crippen LogP contribution in [0.5, 0.6) is 0 Å². The van der Waals surface area contributed by atoms with Gasteiger partial charge in [-0.3, -0.25) is 5.41 Å². The first kappa shape index (κ1) is 11.0. The van der Waals surface area contributed by atoms with Gasteiger partial charge in [-0.15, -0.1) is 0 Å². The average molecular weight is 214 g/mol. The highest BCUT2D eigenvalue weighted by molar-refractivity contribution is 6.30.